The fourth-order valence-electron chi connectivity index (χ4n) is 3.70. The van der Waals surface area contributed by atoms with Gasteiger partial charge in [0.2, 0.25) is 0 Å². The van der Waals surface area contributed by atoms with Crippen molar-refractivity contribution in [1.29, 1.82) is 0 Å². The Bertz CT molecular complexity index is 412. The van der Waals surface area contributed by atoms with E-state index in [1.54, 1.807) is 0 Å². The molecule has 2 aliphatic rings. The third-order valence-corrected chi connectivity index (χ3v) is 4.92. The lowest BCUT2D eigenvalue weighted by atomic mass is 9.96. The number of fused-ring (bicyclic) bond motifs is 2. The van der Waals surface area contributed by atoms with Crippen LogP contribution in [0, 0.1) is 6.92 Å². The van der Waals surface area contributed by atoms with E-state index in [4.69, 9.17) is 0 Å². The van der Waals surface area contributed by atoms with Crippen LogP contribution < -0.4 is 10.2 Å². The molecule has 1 aromatic rings. The van der Waals surface area contributed by atoms with Crippen molar-refractivity contribution in [3.05, 3.63) is 28.2 Å². The lowest BCUT2D eigenvalue weighted by Crippen LogP contribution is -2.48. The largest absolute Gasteiger partial charge is 0.365 e. The van der Waals surface area contributed by atoms with Crippen LogP contribution in [0.4, 0.5) is 5.69 Å². The van der Waals surface area contributed by atoms with Crippen molar-refractivity contribution < 1.29 is 0 Å². The van der Waals surface area contributed by atoms with E-state index < -0.39 is 0 Å². The molecule has 2 unspecified atom stereocenters. The Labute approximate surface area is 118 Å². The van der Waals surface area contributed by atoms with Crippen molar-refractivity contribution in [2.45, 2.75) is 50.7 Å². The second-order valence-electron chi connectivity index (χ2n) is 5.74. The van der Waals surface area contributed by atoms with Crippen LogP contribution in [0.3, 0.4) is 0 Å². The number of hydrogen-bond acceptors (Lipinski definition) is 2. The van der Waals surface area contributed by atoms with E-state index in [2.05, 4.69) is 58.3 Å². The highest BCUT2D eigenvalue weighted by Gasteiger charge is 2.40. The molecule has 3 heteroatoms. The minimum Gasteiger partial charge on any atom is -0.365 e. The van der Waals surface area contributed by atoms with Gasteiger partial charge >= 0.3 is 0 Å². The third kappa shape index (κ3) is 2.19. The van der Waals surface area contributed by atoms with Crippen molar-refractivity contribution in [3.63, 3.8) is 0 Å². The van der Waals surface area contributed by atoms with Crippen molar-refractivity contribution in [2.75, 3.05) is 11.9 Å². The van der Waals surface area contributed by atoms with Gasteiger partial charge in [0.05, 0.1) is 0 Å². The van der Waals surface area contributed by atoms with Gasteiger partial charge in [-0.1, -0.05) is 15.9 Å². The Morgan fingerprint density at radius 2 is 1.83 bits per heavy atom. The summed E-state index contributed by atoms with van der Waals surface area (Å²) in [5.41, 5.74) is 2.75. The molecule has 0 radical (unpaired) electrons. The van der Waals surface area contributed by atoms with Crippen molar-refractivity contribution in [3.8, 4) is 0 Å². The lowest BCUT2D eigenvalue weighted by molar-refractivity contribution is 0.374. The summed E-state index contributed by atoms with van der Waals surface area (Å²) >= 11 is 3.63. The monoisotopic (exact) mass is 308 g/mol. The van der Waals surface area contributed by atoms with E-state index >= 15 is 0 Å². The Hall–Kier alpha value is -0.540. The molecule has 0 spiro atoms. The Kier molecular flexibility index (Phi) is 3.37. The molecule has 2 aliphatic heterocycles. The van der Waals surface area contributed by atoms with Crippen LogP contribution in [0.1, 0.15) is 31.2 Å². The molecule has 2 heterocycles. The fourth-order valence-corrected chi connectivity index (χ4v) is 4.30. The first kappa shape index (κ1) is 12.5. The highest BCUT2D eigenvalue weighted by atomic mass is 79.9. The molecule has 0 amide bonds. The van der Waals surface area contributed by atoms with Gasteiger partial charge in [0.15, 0.2) is 0 Å². The molecule has 0 aliphatic carbocycles. The molecule has 2 saturated heterocycles. The number of nitrogens with zero attached hydrogens (tertiary/aromatic N) is 1. The van der Waals surface area contributed by atoms with E-state index in [1.807, 2.05) is 0 Å². The van der Waals surface area contributed by atoms with E-state index in [9.17, 15) is 0 Å². The van der Waals surface area contributed by atoms with Gasteiger partial charge in [0.1, 0.15) is 0 Å². The van der Waals surface area contributed by atoms with E-state index in [-0.39, 0.29) is 0 Å². The SMILES string of the molecule is CNC1CC2CCC(C1)N2c1cc(C)cc(Br)c1. The van der Waals surface area contributed by atoms with Gasteiger partial charge in [0.25, 0.3) is 0 Å². The predicted octanol–water partition coefficient (Wildman–Crippen LogP) is 3.48. The molecule has 2 fully saturated rings. The van der Waals surface area contributed by atoms with Gasteiger partial charge < -0.3 is 10.2 Å². The summed E-state index contributed by atoms with van der Waals surface area (Å²) in [6.07, 6.45) is 5.29. The number of anilines is 1. The molecule has 3 rings (SSSR count). The van der Waals surface area contributed by atoms with Crippen LogP contribution in [0.15, 0.2) is 22.7 Å². The molecule has 2 nitrogen and oxygen atoms in total. The normalized spacial score (nSPS) is 30.8. The number of nitrogens with one attached hydrogen (secondary N) is 1. The van der Waals surface area contributed by atoms with Crippen LogP contribution in [0.5, 0.6) is 0 Å². The predicted molar refractivity (Wildman–Crippen MR) is 80.2 cm³/mol. The molecule has 98 valence electrons. The maximum absolute atomic E-state index is 3.63. The van der Waals surface area contributed by atoms with Gasteiger partial charge in [-0.05, 0) is 63.4 Å². The molecule has 0 aromatic heterocycles. The van der Waals surface area contributed by atoms with Gasteiger partial charge in [-0.15, -0.1) is 0 Å². The number of rotatable bonds is 2. The van der Waals surface area contributed by atoms with Crippen LogP contribution in [-0.4, -0.2) is 25.2 Å². The number of hydrogen-bond donors (Lipinski definition) is 1. The molecule has 1 aromatic carbocycles. The maximum Gasteiger partial charge on any atom is 0.0385 e. The zero-order valence-electron chi connectivity index (χ0n) is 11.1. The van der Waals surface area contributed by atoms with Crippen LogP contribution in [0.25, 0.3) is 0 Å². The summed E-state index contributed by atoms with van der Waals surface area (Å²) in [7, 11) is 2.10. The first-order valence-corrected chi connectivity index (χ1v) is 7.69. The Balaban J connectivity index is 1.89. The summed E-state index contributed by atoms with van der Waals surface area (Å²) in [6, 6.07) is 8.97. The quantitative estimate of drug-likeness (QED) is 0.900. The summed E-state index contributed by atoms with van der Waals surface area (Å²) in [5, 5.41) is 3.46. The van der Waals surface area contributed by atoms with E-state index in [1.165, 1.54) is 41.4 Å². The summed E-state index contributed by atoms with van der Waals surface area (Å²) in [4.78, 5) is 2.67. The standard InChI is InChI=1S/C15H21BrN2/c1-10-5-11(16)7-15(6-10)18-13-3-4-14(18)9-12(8-13)17-2/h5-7,12-14,17H,3-4,8-9H2,1-2H3. The summed E-state index contributed by atoms with van der Waals surface area (Å²) < 4.78 is 1.20. The molecule has 0 saturated carbocycles. The molecule has 2 atom stereocenters. The first-order valence-electron chi connectivity index (χ1n) is 6.90. The molecule has 18 heavy (non-hydrogen) atoms. The maximum atomic E-state index is 3.63. The molecule has 2 bridgehead atoms. The number of benzene rings is 1. The van der Waals surface area contributed by atoms with Crippen molar-refractivity contribution >= 4 is 21.6 Å². The topological polar surface area (TPSA) is 15.3 Å². The van der Waals surface area contributed by atoms with E-state index in [0.717, 1.165) is 12.1 Å². The highest BCUT2D eigenvalue weighted by Crippen LogP contribution is 2.40. The zero-order valence-corrected chi connectivity index (χ0v) is 12.7. The van der Waals surface area contributed by atoms with Crippen LogP contribution in [0.2, 0.25) is 0 Å². The molecule has 1 N–H and O–H groups in total. The van der Waals surface area contributed by atoms with Crippen molar-refractivity contribution in [2.24, 2.45) is 0 Å². The number of aryl methyl sites for hydroxylation is 1. The Morgan fingerprint density at radius 1 is 1.17 bits per heavy atom. The first-order chi connectivity index (χ1) is 8.67. The van der Waals surface area contributed by atoms with Gasteiger partial charge in [0, 0.05) is 28.3 Å². The number of halogens is 1. The number of piperidine rings is 1. The van der Waals surface area contributed by atoms with Crippen LogP contribution >= 0.6 is 15.9 Å². The summed E-state index contributed by atoms with van der Waals surface area (Å²) in [6.45, 7) is 2.18. The highest BCUT2D eigenvalue weighted by molar-refractivity contribution is 9.10. The second kappa shape index (κ2) is 4.86. The zero-order chi connectivity index (χ0) is 12.7. The van der Waals surface area contributed by atoms with Crippen LogP contribution in [-0.2, 0) is 0 Å². The van der Waals surface area contributed by atoms with Gasteiger partial charge in [-0.2, -0.15) is 0 Å². The minimum absolute atomic E-state index is 0.715. The summed E-state index contributed by atoms with van der Waals surface area (Å²) in [5.74, 6) is 0. The van der Waals surface area contributed by atoms with Gasteiger partial charge in [-0.3, -0.25) is 0 Å². The fraction of sp³-hybridized carbons (Fsp3) is 0.600. The smallest absolute Gasteiger partial charge is 0.0385 e. The average Bonchev–Trinajstić information content (AvgIpc) is 2.59. The van der Waals surface area contributed by atoms with Crippen molar-refractivity contribution in [1.82, 2.24) is 5.32 Å². The molecular formula is C15H21BrN2. The van der Waals surface area contributed by atoms with Gasteiger partial charge in [-0.25, -0.2) is 0 Å². The molecular weight excluding hydrogens is 288 g/mol. The third-order valence-electron chi connectivity index (χ3n) is 4.47. The second-order valence-corrected chi connectivity index (χ2v) is 6.65. The van der Waals surface area contributed by atoms with E-state index in [0.29, 0.717) is 6.04 Å². The average molecular weight is 309 g/mol. The Morgan fingerprint density at radius 3 is 2.39 bits per heavy atom. The lowest BCUT2D eigenvalue weighted by Gasteiger charge is -2.40. The minimum atomic E-state index is 0.715.